The Kier molecular flexibility index (Phi) is 5.89. The average molecular weight is 441 g/mol. The summed E-state index contributed by atoms with van der Waals surface area (Å²) in [5.41, 5.74) is 12.9. The molecule has 2 aromatic heterocycles. The fourth-order valence-electron chi connectivity index (χ4n) is 4.74. The van der Waals surface area contributed by atoms with Gasteiger partial charge in [0, 0.05) is 29.7 Å². The molecular formula is C25H28BN5O2. The van der Waals surface area contributed by atoms with Crippen molar-refractivity contribution in [1.29, 1.82) is 0 Å². The van der Waals surface area contributed by atoms with Gasteiger partial charge in [-0.15, -0.1) is 0 Å². The number of nitrogens with two attached hydrogens (primary N) is 1. The van der Waals surface area contributed by atoms with Gasteiger partial charge in [0.05, 0.1) is 11.2 Å². The van der Waals surface area contributed by atoms with E-state index in [9.17, 15) is 10.0 Å². The first-order chi connectivity index (χ1) is 16.0. The lowest BCUT2D eigenvalue weighted by molar-refractivity contribution is 0.425. The topological polar surface area (TPSA) is 109 Å². The van der Waals surface area contributed by atoms with E-state index in [-0.39, 0.29) is 0 Å². The van der Waals surface area contributed by atoms with E-state index in [1.165, 1.54) is 5.56 Å². The highest BCUT2D eigenvalue weighted by Gasteiger charge is 2.21. The van der Waals surface area contributed by atoms with Gasteiger partial charge in [0.1, 0.15) is 5.82 Å². The van der Waals surface area contributed by atoms with Crippen LogP contribution >= 0.6 is 0 Å². The van der Waals surface area contributed by atoms with Crippen molar-refractivity contribution in [2.45, 2.75) is 45.7 Å². The first-order valence-corrected chi connectivity index (χ1v) is 11.4. The van der Waals surface area contributed by atoms with Crippen LogP contribution in [0.2, 0.25) is 0 Å². The van der Waals surface area contributed by atoms with Crippen molar-refractivity contribution in [3.63, 3.8) is 0 Å². The van der Waals surface area contributed by atoms with Crippen LogP contribution in [0.1, 0.15) is 40.9 Å². The van der Waals surface area contributed by atoms with E-state index < -0.39 is 7.12 Å². The summed E-state index contributed by atoms with van der Waals surface area (Å²) in [7, 11) is -1.48. The van der Waals surface area contributed by atoms with E-state index in [2.05, 4.69) is 35.0 Å². The van der Waals surface area contributed by atoms with Crippen LogP contribution < -0.4 is 16.5 Å². The van der Waals surface area contributed by atoms with Gasteiger partial charge in [-0.2, -0.15) is 4.98 Å². The Hall–Kier alpha value is -3.20. The van der Waals surface area contributed by atoms with Gasteiger partial charge in [-0.1, -0.05) is 36.4 Å². The number of nitrogens with zero attached hydrogens (tertiary/aromatic N) is 3. The monoisotopic (exact) mass is 441 g/mol. The molecule has 5 rings (SSSR count). The van der Waals surface area contributed by atoms with Crippen LogP contribution in [0.5, 0.6) is 0 Å². The Morgan fingerprint density at radius 2 is 1.88 bits per heavy atom. The maximum atomic E-state index is 9.49. The molecule has 0 unspecified atom stereocenters. The van der Waals surface area contributed by atoms with Crippen molar-refractivity contribution in [2.24, 2.45) is 5.73 Å². The minimum absolute atomic E-state index is 0.477. The van der Waals surface area contributed by atoms with Crippen molar-refractivity contribution in [3.05, 3.63) is 76.6 Å². The number of fused-ring (bicyclic) bond motifs is 2. The zero-order valence-electron chi connectivity index (χ0n) is 18.8. The molecule has 7 nitrogen and oxygen atoms in total. The Morgan fingerprint density at radius 1 is 1.06 bits per heavy atom. The number of hydrogen-bond acceptors (Lipinski definition) is 6. The standard InChI is InChI=1S/C25H28BN5O2/c1-16-12-21-18(14-27)7-5-11-23(21)31(16)25-29-22-10-3-2-9-20(22)24(30-25)28-15-17-6-4-8-19(13-17)26(32)33/h4-8,11-13,32-33H,2-3,9-10,14-15,27H2,1H3,(H,28,29,30). The number of rotatable bonds is 6. The number of nitrogens with one attached hydrogen (secondary N) is 1. The van der Waals surface area contributed by atoms with Gasteiger partial charge in [-0.3, -0.25) is 4.57 Å². The summed E-state index contributed by atoms with van der Waals surface area (Å²) in [4.78, 5) is 9.97. The summed E-state index contributed by atoms with van der Waals surface area (Å²) in [6.45, 7) is 3.09. The van der Waals surface area contributed by atoms with Gasteiger partial charge >= 0.3 is 7.12 Å². The molecular weight excluding hydrogens is 413 g/mol. The normalized spacial score (nSPS) is 13.2. The van der Waals surface area contributed by atoms with Crippen molar-refractivity contribution in [1.82, 2.24) is 14.5 Å². The zero-order chi connectivity index (χ0) is 22.9. The molecule has 0 radical (unpaired) electrons. The van der Waals surface area contributed by atoms with Gasteiger partial charge in [-0.25, -0.2) is 4.98 Å². The molecule has 0 amide bonds. The van der Waals surface area contributed by atoms with E-state index in [1.807, 2.05) is 18.2 Å². The lowest BCUT2D eigenvalue weighted by Gasteiger charge is -2.21. The summed E-state index contributed by atoms with van der Waals surface area (Å²) in [5, 5.41) is 23.6. The third-order valence-corrected chi connectivity index (χ3v) is 6.42. The number of benzene rings is 2. The molecule has 0 atom stereocenters. The molecule has 2 aromatic carbocycles. The highest BCUT2D eigenvalue weighted by molar-refractivity contribution is 6.58. The molecule has 0 aliphatic heterocycles. The largest absolute Gasteiger partial charge is 0.488 e. The van der Waals surface area contributed by atoms with Crippen LogP contribution in [-0.2, 0) is 25.9 Å². The number of hydrogen-bond donors (Lipinski definition) is 4. The highest BCUT2D eigenvalue weighted by Crippen LogP contribution is 2.30. The molecule has 8 heteroatoms. The van der Waals surface area contributed by atoms with Crippen LogP contribution in [0, 0.1) is 6.92 Å². The molecule has 0 saturated heterocycles. The van der Waals surface area contributed by atoms with Gasteiger partial charge < -0.3 is 21.1 Å². The second-order valence-electron chi connectivity index (χ2n) is 8.65. The van der Waals surface area contributed by atoms with Crippen LogP contribution in [0.25, 0.3) is 16.9 Å². The second kappa shape index (κ2) is 8.98. The summed E-state index contributed by atoms with van der Waals surface area (Å²) in [6.07, 6.45) is 4.15. The van der Waals surface area contributed by atoms with E-state index in [0.717, 1.165) is 64.9 Å². The number of anilines is 1. The molecule has 0 spiro atoms. The fourth-order valence-corrected chi connectivity index (χ4v) is 4.74. The molecule has 0 fully saturated rings. The van der Waals surface area contributed by atoms with Crippen molar-refractivity contribution < 1.29 is 10.0 Å². The summed E-state index contributed by atoms with van der Waals surface area (Å²) >= 11 is 0. The van der Waals surface area contributed by atoms with Crippen molar-refractivity contribution in [3.8, 4) is 5.95 Å². The predicted molar refractivity (Wildman–Crippen MR) is 132 cm³/mol. The maximum absolute atomic E-state index is 9.49. The summed E-state index contributed by atoms with van der Waals surface area (Å²) in [5.74, 6) is 1.51. The van der Waals surface area contributed by atoms with Crippen LogP contribution in [-0.4, -0.2) is 31.7 Å². The third kappa shape index (κ3) is 4.13. The molecule has 33 heavy (non-hydrogen) atoms. The van der Waals surface area contributed by atoms with Gasteiger partial charge in [0.25, 0.3) is 0 Å². The number of aryl methyl sites for hydroxylation is 2. The molecule has 2 heterocycles. The Labute approximate surface area is 193 Å². The van der Waals surface area contributed by atoms with Crippen molar-refractivity contribution in [2.75, 3.05) is 5.32 Å². The van der Waals surface area contributed by atoms with Crippen LogP contribution in [0.4, 0.5) is 5.82 Å². The minimum atomic E-state index is -1.48. The first-order valence-electron chi connectivity index (χ1n) is 11.4. The van der Waals surface area contributed by atoms with E-state index in [4.69, 9.17) is 15.7 Å². The summed E-state index contributed by atoms with van der Waals surface area (Å²) in [6, 6.07) is 15.6. The Bertz CT molecular complexity index is 1320. The molecule has 0 bridgehead atoms. The highest BCUT2D eigenvalue weighted by atomic mass is 16.4. The fraction of sp³-hybridized carbons (Fsp3) is 0.280. The molecule has 1 aliphatic carbocycles. The molecule has 5 N–H and O–H groups in total. The predicted octanol–water partition coefficient (Wildman–Crippen LogP) is 2.36. The lowest BCUT2D eigenvalue weighted by atomic mass is 9.79. The minimum Gasteiger partial charge on any atom is -0.423 e. The van der Waals surface area contributed by atoms with Gasteiger partial charge in [0.15, 0.2) is 0 Å². The smallest absolute Gasteiger partial charge is 0.423 e. The Balaban J connectivity index is 1.56. The average Bonchev–Trinajstić information content (AvgIpc) is 3.18. The second-order valence-corrected chi connectivity index (χ2v) is 8.65. The molecule has 1 aliphatic rings. The maximum Gasteiger partial charge on any atom is 0.488 e. The van der Waals surface area contributed by atoms with E-state index in [1.54, 1.807) is 12.1 Å². The van der Waals surface area contributed by atoms with E-state index >= 15 is 0 Å². The lowest BCUT2D eigenvalue weighted by Crippen LogP contribution is -2.30. The Morgan fingerprint density at radius 3 is 2.70 bits per heavy atom. The molecule has 168 valence electrons. The van der Waals surface area contributed by atoms with Crippen LogP contribution in [0.3, 0.4) is 0 Å². The van der Waals surface area contributed by atoms with Crippen LogP contribution in [0.15, 0.2) is 48.5 Å². The van der Waals surface area contributed by atoms with Crippen molar-refractivity contribution >= 4 is 29.3 Å². The quantitative estimate of drug-likeness (QED) is 0.342. The SMILES string of the molecule is Cc1cc2c(CN)cccc2n1-c1nc2c(c(NCc3cccc(B(O)O)c3)n1)CCCC2. The first kappa shape index (κ1) is 21.6. The number of aromatic nitrogens is 3. The molecule has 0 saturated carbocycles. The third-order valence-electron chi connectivity index (χ3n) is 6.42. The van der Waals surface area contributed by atoms with E-state index in [0.29, 0.717) is 24.5 Å². The zero-order valence-corrected chi connectivity index (χ0v) is 18.8. The van der Waals surface area contributed by atoms with Gasteiger partial charge in [-0.05, 0) is 61.3 Å². The molecule has 4 aromatic rings. The van der Waals surface area contributed by atoms with Gasteiger partial charge in [0.2, 0.25) is 5.95 Å². The summed E-state index contributed by atoms with van der Waals surface area (Å²) < 4.78 is 2.11.